The number of carbonyl (C=O) groups is 1. The largest absolute Gasteiger partial charge is 0.478 e. The summed E-state index contributed by atoms with van der Waals surface area (Å²) in [6.45, 7) is 0. The highest BCUT2D eigenvalue weighted by Gasteiger charge is 2.21. The van der Waals surface area contributed by atoms with Crippen molar-refractivity contribution in [1.29, 1.82) is 0 Å². The molecule has 2 N–H and O–H groups in total. The molecule has 0 aliphatic rings. The third-order valence-electron chi connectivity index (χ3n) is 2.33. The van der Waals surface area contributed by atoms with Crippen molar-refractivity contribution in [3.05, 3.63) is 44.2 Å². The van der Waals surface area contributed by atoms with Gasteiger partial charge in [0.15, 0.2) is 0 Å². The predicted octanol–water partition coefficient (Wildman–Crippen LogP) is 4.21. The van der Waals surface area contributed by atoms with Gasteiger partial charge in [0.05, 0.1) is 21.3 Å². The van der Waals surface area contributed by atoms with Crippen molar-refractivity contribution >= 4 is 67.8 Å². The molecule has 112 valence electrons. The second-order valence-corrected chi connectivity index (χ2v) is 7.88. The molecular weight excluding hydrogens is 381 g/mol. The first-order valence-electron chi connectivity index (χ1n) is 5.20. The van der Waals surface area contributed by atoms with E-state index in [4.69, 9.17) is 39.9 Å². The van der Waals surface area contributed by atoms with Crippen LogP contribution in [0.25, 0.3) is 0 Å². The third kappa shape index (κ3) is 3.61. The molecule has 0 amide bonds. The van der Waals surface area contributed by atoms with Gasteiger partial charge in [0.25, 0.3) is 10.0 Å². The lowest BCUT2D eigenvalue weighted by Crippen LogP contribution is -2.12. The zero-order chi connectivity index (χ0) is 15.8. The van der Waals surface area contributed by atoms with Crippen LogP contribution in [0.5, 0.6) is 0 Å². The summed E-state index contributed by atoms with van der Waals surface area (Å²) >= 11 is 18.3. The molecule has 0 saturated heterocycles. The molecule has 2 rings (SSSR count). The van der Waals surface area contributed by atoms with Gasteiger partial charge in [-0.15, -0.1) is 11.3 Å². The van der Waals surface area contributed by atoms with E-state index < -0.39 is 16.0 Å². The van der Waals surface area contributed by atoms with Crippen LogP contribution < -0.4 is 4.72 Å². The van der Waals surface area contributed by atoms with E-state index in [1.807, 2.05) is 0 Å². The van der Waals surface area contributed by atoms with Gasteiger partial charge in [-0.1, -0.05) is 34.8 Å². The Bertz CT molecular complexity index is 794. The maximum Gasteiger partial charge on any atom is 0.336 e. The fraction of sp³-hybridized carbons (Fsp3) is 0. The first kappa shape index (κ1) is 16.4. The van der Waals surface area contributed by atoms with Gasteiger partial charge in [-0.05, 0) is 18.2 Å². The minimum atomic E-state index is -3.99. The third-order valence-corrected chi connectivity index (χ3v) is 5.93. The first-order chi connectivity index (χ1) is 9.70. The lowest BCUT2D eigenvalue weighted by Gasteiger charge is -2.10. The number of hydrogen-bond donors (Lipinski definition) is 2. The van der Waals surface area contributed by atoms with Crippen LogP contribution in [0, 0.1) is 0 Å². The predicted molar refractivity (Wildman–Crippen MR) is 83.6 cm³/mol. The fourth-order valence-corrected chi connectivity index (χ4v) is 4.67. The summed E-state index contributed by atoms with van der Waals surface area (Å²) in [6.07, 6.45) is 0. The van der Waals surface area contributed by atoms with Gasteiger partial charge in [-0.25, -0.2) is 13.2 Å². The normalized spacial score (nSPS) is 11.4. The number of carboxylic acids is 1. The molecule has 0 aliphatic carbocycles. The Hall–Kier alpha value is -0.990. The van der Waals surface area contributed by atoms with E-state index in [1.54, 1.807) is 0 Å². The van der Waals surface area contributed by atoms with Crippen LogP contribution in [0.2, 0.25) is 15.1 Å². The van der Waals surface area contributed by atoms with E-state index in [1.165, 1.54) is 17.5 Å². The molecule has 0 spiro atoms. The second kappa shape index (κ2) is 6.02. The zero-order valence-electron chi connectivity index (χ0n) is 9.93. The SMILES string of the molecule is O=C(O)c1csc(S(=O)(=O)Nc2c(Cl)cc(Cl)cc2Cl)c1. The highest BCUT2D eigenvalue weighted by Crippen LogP contribution is 2.35. The number of thiophene rings is 1. The topological polar surface area (TPSA) is 83.5 Å². The average molecular weight is 387 g/mol. The first-order valence-corrected chi connectivity index (χ1v) is 8.69. The highest BCUT2D eigenvalue weighted by molar-refractivity contribution is 7.94. The van der Waals surface area contributed by atoms with E-state index in [-0.39, 0.29) is 30.5 Å². The van der Waals surface area contributed by atoms with Crippen molar-refractivity contribution in [2.45, 2.75) is 4.21 Å². The van der Waals surface area contributed by atoms with E-state index >= 15 is 0 Å². The molecule has 0 aliphatic heterocycles. The molecule has 1 aromatic heterocycles. The quantitative estimate of drug-likeness (QED) is 0.824. The number of halogens is 3. The molecular formula is C11H6Cl3NO4S2. The van der Waals surface area contributed by atoms with Crippen molar-refractivity contribution in [2.24, 2.45) is 0 Å². The summed E-state index contributed by atoms with van der Waals surface area (Å²) in [7, 11) is -3.99. The molecule has 0 bridgehead atoms. The summed E-state index contributed by atoms with van der Waals surface area (Å²) < 4.78 is 26.4. The van der Waals surface area contributed by atoms with Crippen molar-refractivity contribution in [2.75, 3.05) is 4.72 Å². The Labute approximate surface area is 139 Å². The summed E-state index contributed by atoms with van der Waals surface area (Å²) in [4.78, 5) is 10.8. The van der Waals surface area contributed by atoms with Crippen LogP contribution in [-0.2, 0) is 10.0 Å². The number of sulfonamides is 1. The Morgan fingerprint density at radius 1 is 1.14 bits per heavy atom. The number of nitrogens with one attached hydrogen (secondary N) is 1. The van der Waals surface area contributed by atoms with Crippen LogP contribution in [-0.4, -0.2) is 19.5 Å². The maximum atomic E-state index is 12.2. The number of benzene rings is 1. The molecule has 1 aromatic carbocycles. The van der Waals surface area contributed by atoms with Crippen LogP contribution in [0.3, 0.4) is 0 Å². The number of aromatic carboxylic acids is 1. The maximum absolute atomic E-state index is 12.2. The van der Waals surface area contributed by atoms with Crippen molar-refractivity contribution < 1.29 is 18.3 Å². The summed E-state index contributed by atoms with van der Waals surface area (Å²) in [5.41, 5.74) is -0.137. The molecule has 21 heavy (non-hydrogen) atoms. The molecule has 0 saturated carbocycles. The molecule has 5 nitrogen and oxygen atoms in total. The number of hydrogen-bond acceptors (Lipinski definition) is 4. The van der Waals surface area contributed by atoms with Gasteiger partial charge >= 0.3 is 5.97 Å². The Morgan fingerprint density at radius 3 is 2.19 bits per heavy atom. The summed E-state index contributed by atoms with van der Waals surface area (Å²) in [6, 6.07) is 3.72. The molecule has 10 heteroatoms. The Morgan fingerprint density at radius 2 is 1.71 bits per heavy atom. The van der Waals surface area contributed by atoms with Crippen LogP contribution in [0.15, 0.2) is 27.8 Å². The summed E-state index contributed by atoms with van der Waals surface area (Å²) in [5.74, 6) is -1.21. The van der Waals surface area contributed by atoms with E-state index in [9.17, 15) is 13.2 Å². The lowest BCUT2D eigenvalue weighted by atomic mass is 10.3. The fourth-order valence-electron chi connectivity index (χ4n) is 1.39. The molecule has 0 radical (unpaired) electrons. The molecule has 0 atom stereocenters. The van der Waals surface area contributed by atoms with Crippen molar-refractivity contribution in [3.63, 3.8) is 0 Å². The van der Waals surface area contributed by atoms with Gasteiger partial charge in [-0.3, -0.25) is 4.72 Å². The van der Waals surface area contributed by atoms with Crippen LogP contribution in [0.4, 0.5) is 5.69 Å². The summed E-state index contributed by atoms with van der Waals surface area (Å²) in [5, 5.41) is 10.4. The van der Waals surface area contributed by atoms with E-state index in [0.717, 1.165) is 17.4 Å². The molecule has 2 aromatic rings. The molecule has 0 unspecified atom stereocenters. The molecule has 0 fully saturated rings. The average Bonchev–Trinajstić information content (AvgIpc) is 2.84. The van der Waals surface area contributed by atoms with Crippen LogP contribution >= 0.6 is 46.1 Å². The van der Waals surface area contributed by atoms with Crippen LogP contribution in [0.1, 0.15) is 10.4 Å². The van der Waals surface area contributed by atoms with Gasteiger partial charge in [0.2, 0.25) is 0 Å². The number of carboxylic acid groups (broad SMARTS) is 1. The second-order valence-electron chi connectivity index (χ2n) is 3.81. The Balaban J connectivity index is 2.40. The van der Waals surface area contributed by atoms with Gasteiger partial charge in [0, 0.05) is 10.4 Å². The number of anilines is 1. The minimum absolute atomic E-state index is 0.0204. The van der Waals surface area contributed by atoms with Gasteiger partial charge in [0.1, 0.15) is 4.21 Å². The lowest BCUT2D eigenvalue weighted by molar-refractivity contribution is 0.0697. The monoisotopic (exact) mass is 385 g/mol. The van der Waals surface area contributed by atoms with Crippen molar-refractivity contribution in [1.82, 2.24) is 0 Å². The van der Waals surface area contributed by atoms with Gasteiger partial charge in [-0.2, -0.15) is 0 Å². The Kier molecular flexibility index (Phi) is 4.69. The minimum Gasteiger partial charge on any atom is -0.478 e. The van der Waals surface area contributed by atoms with Crippen molar-refractivity contribution in [3.8, 4) is 0 Å². The standard InChI is InChI=1S/C11H6Cl3NO4S2/c12-6-2-7(13)10(8(14)3-6)15-21(18,19)9-1-5(4-20-9)11(16)17/h1-4,15H,(H,16,17). The number of rotatable bonds is 4. The highest BCUT2D eigenvalue weighted by atomic mass is 35.5. The van der Waals surface area contributed by atoms with Gasteiger partial charge < -0.3 is 5.11 Å². The zero-order valence-corrected chi connectivity index (χ0v) is 13.8. The molecule has 1 heterocycles. The smallest absolute Gasteiger partial charge is 0.336 e. The van der Waals surface area contributed by atoms with E-state index in [2.05, 4.69) is 4.72 Å². The van der Waals surface area contributed by atoms with E-state index in [0.29, 0.717) is 0 Å².